The number of rotatable bonds is 3. The fourth-order valence-electron chi connectivity index (χ4n) is 4.25. The largest absolute Gasteiger partial charge is 0.449 e. The summed E-state index contributed by atoms with van der Waals surface area (Å²) in [5.74, 6) is -0.136. The third-order valence-electron chi connectivity index (χ3n) is 5.93. The predicted molar refractivity (Wildman–Crippen MR) is 104 cm³/mol. The van der Waals surface area contributed by atoms with E-state index in [2.05, 4.69) is 32.0 Å². The van der Waals surface area contributed by atoms with E-state index < -0.39 is 5.60 Å². The first-order valence-corrected chi connectivity index (χ1v) is 9.65. The SMILES string of the molecule is Cc1ccc(CCC(=O)N2CCCC3(C2)OC(=O)c2ccccc23)cc1C. The van der Waals surface area contributed by atoms with Gasteiger partial charge in [-0.2, -0.15) is 0 Å². The van der Waals surface area contributed by atoms with Gasteiger partial charge in [0.25, 0.3) is 0 Å². The van der Waals surface area contributed by atoms with Gasteiger partial charge in [-0.05, 0) is 55.9 Å². The first-order valence-electron chi connectivity index (χ1n) is 9.65. The van der Waals surface area contributed by atoms with Crippen molar-refractivity contribution in [3.8, 4) is 0 Å². The number of amides is 1. The van der Waals surface area contributed by atoms with Crippen molar-refractivity contribution in [3.05, 3.63) is 70.3 Å². The smallest absolute Gasteiger partial charge is 0.339 e. The monoisotopic (exact) mass is 363 g/mol. The highest BCUT2D eigenvalue weighted by Gasteiger charge is 2.48. The summed E-state index contributed by atoms with van der Waals surface area (Å²) in [6.07, 6.45) is 2.84. The van der Waals surface area contributed by atoms with Gasteiger partial charge in [0.05, 0.1) is 12.1 Å². The number of nitrogens with zero attached hydrogens (tertiary/aromatic N) is 1. The zero-order valence-corrected chi connectivity index (χ0v) is 16.0. The van der Waals surface area contributed by atoms with E-state index in [1.165, 1.54) is 16.7 Å². The molecule has 1 amide bonds. The fraction of sp³-hybridized carbons (Fsp3) is 0.391. The minimum absolute atomic E-state index is 0.132. The van der Waals surface area contributed by atoms with Crippen molar-refractivity contribution in [2.75, 3.05) is 13.1 Å². The van der Waals surface area contributed by atoms with E-state index in [1.54, 1.807) is 0 Å². The van der Waals surface area contributed by atoms with Crippen molar-refractivity contribution in [2.45, 2.75) is 45.1 Å². The molecule has 1 atom stereocenters. The standard InChI is InChI=1S/C23H25NO3/c1-16-8-9-18(14-17(16)2)10-11-21(25)24-13-5-12-23(15-24)20-7-4-3-6-19(20)22(26)27-23/h3-4,6-9,14H,5,10-13,15H2,1-2H3. The Kier molecular flexibility index (Phi) is 4.50. The lowest BCUT2D eigenvalue weighted by atomic mass is 9.85. The Balaban J connectivity index is 1.46. The Morgan fingerprint density at radius 3 is 2.78 bits per heavy atom. The van der Waals surface area contributed by atoms with Crippen LogP contribution in [0.4, 0.5) is 0 Å². The molecule has 2 heterocycles. The lowest BCUT2D eigenvalue weighted by molar-refractivity contribution is -0.138. The molecule has 1 unspecified atom stereocenters. The van der Waals surface area contributed by atoms with Crippen LogP contribution in [-0.4, -0.2) is 29.9 Å². The lowest BCUT2D eigenvalue weighted by Crippen LogP contribution is -2.48. The number of aryl methyl sites for hydroxylation is 3. The molecule has 0 N–H and O–H groups in total. The highest BCUT2D eigenvalue weighted by atomic mass is 16.6. The van der Waals surface area contributed by atoms with E-state index in [1.807, 2.05) is 29.2 Å². The van der Waals surface area contributed by atoms with Gasteiger partial charge in [0.1, 0.15) is 0 Å². The topological polar surface area (TPSA) is 46.6 Å². The summed E-state index contributed by atoms with van der Waals surface area (Å²) < 4.78 is 5.80. The highest BCUT2D eigenvalue weighted by Crippen LogP contribution is 2.42. The van der Waals surface area contributed by atoms with Crippen LogP contribution in [0.1, 0.15) is 51.9 Å². The molecule has 4 nitrogen and oxygen atoms in total. The average molecular weight is 363 g/mol. The van der Waals surface area contributed by atoms with Crippen molar-refractivity contribution in [2.24, 2.45) is 0 Å². The van der Waals surface area contributed by atoms with Gasteiger partial charge >= 0.3 is 5.97 Å². The first kappa shape index (κ1) is 17.8. The maximum Gasteiger partial charge on any atom is 0.339 e. The molecule has 0 aliphatic carbocycles. The molecule has 140 valence electrons. The Hall–Kier alpha value is -2.62. The summed E-state index contributed by atoms with van der Waals surface area (Å²) in [5.41, 5.74) is 4.62. The zero-order valence-electron chi connectivity index (χ0n) is 16.0. The number of carbonyl (C=O) groups is 2. The van der Waals surface area contributed by atoms with Gasteiger partial charge in [0, 0.05) is 18.5 Å². The maximum absolute atomic E-state index is 12.8. The minimum Gasteiger partial charge on any atom is -0.449 e. The van der Waals surface area contributed by atoms with Crippen molar-refractivity contribution >= 4 is 11.9 Å². The summed E-state index contributed by atoms with van der Waals surface area (Å²) in [4.78, 5) is 27.0. The summed E-state index contributed by atoms with van der Waals surface area (Å²) >= 11 is 0. The number of ether oxygens (including phenoxy) is 1. The summed E-state index contributed by atoms with van der Waals surface area (Å²) in [6, 6.07) is 13.9. The van der Waals surface area contributed by atoms with Crippen molar-refractivity contribution in [3.63, 3.8) is 0 Å². The van der Waals surface area contributed by atoms with Crippen LogP contribution in [0.3, 0.4) is 0 Å². The lowest BCUT2D eigenvalue weighted by Gasteiger charge is -2.39. The van der Waals surface area contributed by atoms with Crippen LogP contribution >= 0.6 is 0 Å². The van der Waals surface area contributed by atoms with Crippen molar-refractivity contribution < 1.29 is 14.3 Å². The van der Waals surface area contributed by atoms with E-state index >= 15 is 0 Å². The number of fused-ring (bicyclic) bond motifs is 2. The second-order valence-corrected chi connectivity index (χ2v) is 7.77. The van der Waals surface area contributed by atoms with Gasteiger partial charge in [-0.25, -0.2) is 4.79 Å². The zero-order chi connectivity index (χ0) is 19.0. The normalized spacial score (nSPS) is 21.3. The Bertz CT molecular complexity index is 904. The molecule has 2 aromatic carbocycles. The molecule has 0 radical (unpaired) electrons. The van der Waals surface area contributed by atoms with Gasteiger partial charge in [-0.3, -0.25) is 4.79 Å². The molecule has 0 aromatic heterocycles. The van der Waals surface area contributed by atoms with Gasteiger partial charge in [-0.15, -0.1) is 0 Å². The van der Waals surface area contributed by atoms with E-state index in [0.29, 0.717) is 18.5 Å². The molecular formula is C23H25NO3. The van der Waals surface area contributed by atoms with E-state index in [9.17, 15) is 9.59 Å². The molecule has 0 bridgehead atoms. The molecule has 1 spiro atoms. The van der Waals surface area contributed by atoms with Crippen LogP contribution in [0.15, 0.2) is 42.5 Å². The van der Waals surface area contributed by atoms with Gasteiger partial charge in [-0.1, -0.05) is 36.4 Å². The third-order valence-corrected chi connectivity index (χ3v) is 5.93. The molecule has 1 saturated heterocycles. The first-order chi connectivity index (χ1) is 13.0. The molecule has 2 aliphatic heterocycles. The minimum atomic E-state index is -0.665. The van der Waals surface area contributed by atoms with Gasteiger partial charge < -0.3 is 9.64 Å². The molecule has 1 fully saturated rings. The van der Waals surface area contributed by atoms with Crippen LogP contribution in [0.5, 0.6) is 0 Å². The van der Waals surface area contributed by atoms with E-state index in [0.717, 1.165) is 31.4 Å². The number of benzene rings is 2. The van der Waals surface area contributed by atoms with E-state index in [4.69, 9.17) is 4.74 Å². The number of esters is 1. The molecule has 4 rings (SSSR count). The van der Waals surface area contributed by atoms with Crippen molar-refractivity contribution in [1.82, 2.24) is 4.90 Å². The number of hydrogen-bond acceptors (Lipinski definition) is 3. The summed E-state index contributed by atoms with van der Waals surface area (Å²) in [6.45, 7) is 5.38. The van der Waals surface area contributed by atoms with Crippen LogP contribution in [-0.2, 0) is 21.6 Å². The number of likely N-dealkylation sites (tertiary alicyclic amines) is 1. The van der Waals surface area contributed by atoms with Crippen molar-refractivity contribution in [1.29, 1.82) is 0 Å². The Morgan fingerprint density at radius 2 is 1.96 bits per heavy atom. The second-order valence-electron chi connectivity index (χ2n) is 7.77. The molecule has 2 aliphatic rings. The Morgan fingerprint density at radius 1 is 1.15 bits per heavy atom. The molecule has 0 saturated carbocycles. The predicted octanol–water partition coefficient (Wildman–Crippen LogP) is 3.92. The van der Waals surface area contributed by atoms with Gasteiger partial charge in [0.15, 0.2) is 5.60 Å². The molecular weight excluding hydrogens is 338 g/mol. The summed E-state index contributed by atoms with van der Waals surface area (Å²) in [5, 5.41) is 0. The quantitative estimate of drug-likeness (QED) is 0.777. The third kappa shape index (κ3) is 3.25. The molecule has 27 heavy (non-hydrogen) atoms. The fourth-order valence-corrected chi connectivity index (χ4v) is 4.25. The molecule has 4 heteroatoms. The number of carbonyl (C=O) groups excluding carboxylic acids is 2. The number of piperidine rings is 1. The van der Waals surface area contributed by atoms with Crippen LogP contribution < -0.4 is 0 Å². The van der Waals surface area contributed by atoms with Crippen LogP contribution in [0.25, 0.3) is 0 Å². The van der Waals surface area contributed by atoms with Crippen LogP contribution in [0, 0.1) is 13.8 Å². The average Bonchev–Trinajstić information content (AvgIpc) is 2.94. The molecule has 2 aromatic rings. The summed E-state index contributed by atoms with van der Waals surface area (Å²) in [7, 11) is 0. The Labute approximate surface area is 160 Å². The highest BCUT2D eigenvalue weighted by molar-refractivity contribution is 5.95. The van der Waals surface area contributed by atoms with Gasteiger partial charge in [0.2, 0.25) is 5.91 Å². The maximum atomic E-state index is 12.8. The number of hydrogen-bond donors (Lipinski definition) is 0. The second kappa shape index (κ2) is 6.84. The van der Waals surface area contributed by atoms with Crippen LogP contribution in [0.2, 0.25) is 0 Å². The van der Waals surface area contributed by atoms with E-state index in [-0.39, 0.29) is 11.9 Å².